The normalized spacial score (nSPS) is 52.8. The van der Waals surface area contributed by atoms with Gasteiger partial charge in [0.05, 0.1) is 0 Å². The van der Waals surface area contributed by atoms with Gasteiger partial charge in [-0.3, -0.25) is 4.79 Å². The molecule has 4 fully saturated rings. The van der Waals surface area contributed by atoms with Gasteiger partial charge in [-0.15, -0.1) is 0 Å². The highest BCUT2D eigenvalue weighted by atomic mass is 16.1. The first-order valence-electron chi connectivity index (χ1n) is 13.4. The summed E-state index contributed by atoms with van der Waals surface area (Å²) in [4.78, 5) is 12.9. The van der Waals surface area contributed by atoms with Gasteiger partial charge in [0.25, 0.3) is 0 Å². The lowest BCUT2D eigenvalue weighted by Crippen LogP contribution is -2.64. The molecule has 5 rings (SSSR count). The number of ketones is 1. The topological polar surface area (TPSA) is 17.1 Å². The van der Waals surface area contributed by atoms with E-state index in [2.05, 4.69) is 61.5 Å². The van der Waals surface area contributed by atoms with Crippen LogP contribution in [-0.2, 0) is 4.79 Å². The van der Waals surface area contributed by atoms with Crippen molar-refractivity contribution in [3.05, 3.63) is 11.6 Å². The molecule has 0 heterocycles. The van der Waals surface area contributed by atoms with E-state index in [1.54, 1.807) is 0 Å². The van der Waals surface area contributed by atoms with Crippen LogP contribution in [0.5, 0.6) is 0 Å². The second-order valence-corrected chi connectivity index (χ2v) is 15.0. The fourth-order valence-corrected chi connectivity index (χ4v) is 10.3. The first kappa shape index (κ1) is 22.2. The Morgan fingerprint density at radius 3 is 2.19 bits per heavy atom. The third kappa shape index (κ3) is 2.70. The van der Waals surface area contributed by atoms with Crippen molar-refractivity contribution < 1.29 is 4.79 Å². The van der Waals surface area contributed by atoms with Gasteiger partial charge in [-0.05, 0) is 103 Å². The molecule has 0 spiro atoms. The lowest BCUT2D eigenvalue weighted by atomic mass is 9.34. The molecule has 0 aromatic rings. The summed E-state index contributed by atoms with van der Waals surface area (Å²) in [5.41, 5.74) is 3.75. The van der Waals surface area contributed by atoms with Gasteiger partial charge in [0, 0.05) is 11.8 Å². The van der Waals surface area contributed by atoms with Gasteiger partial charge in [-0.2, -0.15) is 0 Å². The van der Waals surface area contributed by atoms with Gasteiger partial charge in [0.2, 0.25) is 0 Å². The van der Waals surface area contributed by atoms with E-state index in [9.17, 15) is 4.79 Å². The summed E-state index contributed by atoms with van der Waals surface area (Å²) in [5.74, 6) is 2.58. The summed E-state index contributed by atoms with van der Waals surface area (Å²) in [6.45, 7) is 20.1. The van der Waals surface area contributed by atoms with Crippen LogP contribution in [0.3, 0.4) is 0 Å². The maximum absolute atomic E-state index is 12.9. The highest BCUT2D eigenvalue weighted by molar-refractivity contribution is 5.85. The summed E-state index contributed by atoms with van der Waals surface area (Å²) in [7, 11) is 0. The van der Waals surface area contributed by atoms with Crippen LogP contribution in [-0.4, -0.2) is 5.78 Å². The van der Waals surface area contributed by atoms with Crippen LogP contribution >= 0.6 is 0 Å². The van der Waals surface area contributed by atoms with E-state index in [1.165, 1.54) is 51.4 Å². The molecule has 5 aliphatic rings. The molecular formula is C30H48O. The molecule has 0 bridgehead atoms. The third-order valence-corrected chi connectivity index (χ3v) is 12.8. The molecule has 0 aliphatic heterocycles. The summed E-state index contributed by atoms with van der Waals surface area (Å²) in [6, 6.07) is 0. The highest BCUT2D eigenvalue weighted by Gasteiger charge is 2.67. The van der Waals surface area contributed by atoms with Crippen molar-refractivity contribution in [1.29, 1.82) is 0 Å². The third-order valence-electron chi connectivity index (χ3n) is 12.8. The lowest BCUT2D eigenvalue weighted by Gasteiger charge is -2.70. The molecular weight excluding hydrogens is 376 g/mol. The number of fused-ring (bicyclic) bond motifs is 7. The zero-order valence-corrected chi connectivity index (χ0v) is 21.8. The van der Waals surface area contributed by atoms with Crippen molar-refractivity contribution in [2.24, 2.45) is 50.2 Å². The van der Waals surface area contributed by atoms with Gasteiger partial charge in [-0.25, -0.2) is 0 Å². The number of hydrogen-bond acceptors (Lipinski definition) is 1. The van der Waals surface area contributed by atoms with E-state index in [1.807, 2.05) is 5.57 Å². The largest absolute Gasteiger partial charge is 0.299 e. The monoisotopic (exact) mass is 424 g/mol. The lowest BCUT2D eigenvalue weighted by molar-refractivity contribution is -0.184. The van der Waals surface area contributed by atoms with E-state index in [4.69, 9.17) is 0 Å². The van der Waals surface area contributed by atoms with E-state index < -0.39 is 0 Å². The molecule has 7 atom stereocenters. The number of hydrogen-bond donors (Lipinski definition) is 0. The zero-order chi connectivity index (χ0) is 22.7. The Hall–Kier alpha value is -0.590. The minimum absolute atomic E-state index is 0.141. The average molecular weight is 425 g/mol. The van der Waals surface area contributed by atoms with Crippen molar-refractivity contribution in [1.82, 2.24) is 0 Å². The average Bonchev–Trinajstić information content (AvgIpc) is 2.67. The van der Waals surface area contributed by atoms with Crippen LogP contribution in [0.2, 0.25) is 0 Å². The van der Waals surface area contributed by atoms with Gasteiger partial charge in [0.15, 0.2) is 0 Å². The Balaban J connectivity index is 1.58. The molecule has 0 aromatic carbocycles. The molecule has 1 nitrogen and oxygen atoms in total. The summed E-state index contributed by atoms with van der Waals surface area (Å²) in [6.07, 6.45) is 15.5. The Kier molecular flexibility index (Phi) is 4.51. The molecule has 31 heavy (non-hydrogen) atoms. The van der Waals surface area contributed by atoms with E-state index >= 15 is 0 Å². The van der Waals surface area contributed by atoms with Crippen molar-refractivity contribution >= 4 is 5.78 Å². The fourth-order valence-electron chi connectivity index (χ4n) is 10.3. The molecule has 0 saturated heterocycles. The Labute approximate surface area is 192 Å². The fraction of sp³-hybridized carbons (Fsp3) is 0.900. The molecule has 0 unspecified atom stereocenters. The number of Topliss-reactive ketones (excluding diaryl/α,β-unsaturated/α-hetero) is 1. The molecule has 174 valence electrons. The Morgan fingerprint density at radius 1 is 0.806 bits per heavy atom. The number of rotatable bonds is 0. The van der Waals surface area contributed by atoms with Crippen molar-refractivity contribution in [2.45, 2.75) is 120 Å². The summed E-state index contributed by atoms with van der Waals surface area (Å²) < 4.78 is 0. The molecule has 0 aromatic heterocycles. The molecule has 0 radical (unpaired) electrons. The number of allylic oxidation sites excluding steroid dienone is 2. The van der Waals surface area contributed by atoms with E-state index in [0.717, 1.165) is 24.7 Å². The minimum atomic E-state index is -0.141. The molecule has 5 aliphatic carbocycles. The first-order chi connectivity index (χ1) is 14.2. The molecule has 4 saturated carbocycles. The van der Waals surface area contributed by atoms with Crippen molar-refractivity contribution in [3.8, 4) is 0 Å². The van der Waals surface area contributed by atoms with Crippen LogP contribution in [0.15, 0.2) is 11.6 Å². The molecule has 0 N–H and O–H groups in total. The predicted molar refractivity (Wildman–Crippen MR) is 130 cm³/mol. The van der Waals surface area contributed by atoms with Crippen molar-refractivity contribution in [2.75, 3.05) is 0 Å². The second kappa shape index (κ2) is 6.29. The molecule has 1 heteroatoms. The maximum Gasteiger partial charge on any atom is 0.138 e. The zero-order valence-electron chi connectivity index (χ0n) is 21.8. The SMILES string of the molecule is CC1(C)CC[C@]2(C)CC[C@@]3(C)C(=CC[C@H]4[C@]5(C)CCC(=O)C(C)(C)[C@H]5CC[C@]43C)[C@H]2C1. The quantitative estimate of drug-likeness (QED) is 0.357. The van der Waals surface area contributed by atoms with Gasteiger partial charge in [-0.1, -0.05) is 67.0 Å². The highest BCUT2D eigenvalue weighted by Crippen LogP contribution is 2.75. The smallest absolute Gasteiger partial charge is 0.138 e. The standard InChI is InChI=1S/C30H48O/c1-25(2)15-16-27(5)17-18-29(7)20(21(27)19-25)9-10-23-28(6)13-12-24(31)26(3,4)22(28)11-14-30(23,29)8/h9,21-23H,10-19H2,1-8H3/t21-,22-,23+,27-,28-,29+,30-/m1/s1. The summed E-state index contributed by atoms with van der Waals surface area (Å²) in [5, 5.41) is 0. The van der Waals surface area contributed by atoms with Crippen LogP contribution in [0.25, 0.3) is 0 Å². The second-order valence-electron chi connectivity index (χ2n) is 15.0. The number of carbonyl (C=O) groups excluding carboxylic acids is 1. The minimum Gasteiger partial charge on any atom is -0.299 e. The van der Waals surface area contributed by atoms with E-state index in [0.29, 0.717) is 38.8 Å². The van der Waals surface area contributed by atoms with Gasteiger partial charge in [0.1, 0.15) is 5.78 Å². The summed E-state index contributed by atoms with van der Waals surface area (Å²) >= 11 is 0. The van der Waals surface area contributed by atoms with Crippen LogP contribution in [0.4, 0.5) is 0 Å². The maximum atomic E-state index is 12.9. The molecule has 0 amide bonds. The van der Waals surface area contributed by atoms with Gasteiger partial charge < -0.3 is 0 Å². The van der Waals surface area contributed by atoms with Crippen LogP contribution in [0, 0.1) is 50.2 Å². The van der Waals surface area contributed by atoms with Gasteiger partial charge >= 0.3 is 0 Å². The predicted octanol–water partition coefficient (Wildman–Crippen LogP) is 8.38. The van der Waals surface area contributed by atoms with Crippen molar-refractivity contribution in [3.63, 3.8) is 0 Å². The van der Waals surface area contributed by atoms with Crippen LogP contribution < -0.4 is 0 Å². The Bertz CT molecular complexity index is 831. The first-order valence-corrected chi connectivity index (χ1v) is 13.4. The van der Waals surface area contributed by atoms with Crippen LogP contribution in [0.1, 0.15) is 120 Å². The number of carbonyl (C=O) groups is 1. The Morgan fingerprint density at radius 2 is 1.48 bits per heavy atom. The van der Waals surface area contributed by atoms with E-state index in [-0.39, 0.29) is 5.41 Å².